The average Bonchev–Trinajstić information content (AvgIpc) is 3.17. The maximum Gasteiger partial charge on any atom is 0.274 e. The maximum absolute atomic E-state index is 12.9. The van der Waals surface area contributed by atoms with Crippen molar-refractivity contribution in [3.63, 3.8) is 0 Å². The van der Waals surface area contributed by atoms with E-state index in [9.17, 15) is 13.2 Å². The van der Waals surface area contributed by atoms with E-state index in [4.69, 9.17) is 4.74 Å². The van der Waals surface area contributed by atoms with E-state index in [1.54, 1.807) is 29.9 Å². The van der Waals surface area contributed by atoms with Gasteiger partial charge in [-0.05, 0) is 30.7 Å². The molecule has 2 aliphatic rings. The minimum Gasteiger partial charge on any atom is -0.380 e. The van der Waals surface area contributed by atoms with Gasteiger partial charge < -0.3 is 19.2 Å². The van der Waals surface area contributed by atoms with Crippen LogP contribution in [0.15, 0.2) is 46.3 Å². The monoisotopic (exact) mass is 441 g/mol. The van der Waals surface area contributed by atoms with Crippen LogP contribution >= 0.6 is 0 Å². The predicted molar refractivity (Wildman–Crippen MR) is 121 cm³/mol. The van der Waals surface area contributed by atoms with Gasteiger partial charge >= 0.3 is 0 Å². The number of sulfone groups is 1. The van der Waals surface area contributed by atoms with Crippen molar-refractivity contribution in [2.45, 2.75) is 24.7 Å². The van der Waals surface area contributed by atoms with Crippen molar-refractivity contribution in [1.82, 2.24) is 9.55 Å². The standard InChI is InChI=1S/C23H27N3O4S/c1-3-4-9-31(28,29)16-5-6-20(26-12-23(13-26)14-30-15-23)18(10-16)19-11-25(2)22(27)21-17(19)7-8-24-21/h5-8,10-11,24H,3-4,9,12-15H2,1-2H3. The number of benzene rings is 1. The predicted octanol–water partition coefficient (Wildman–Crippen LogP) is 2.94. The van der Waals surface area contributed by atoms with Crippen LogP contribution in [0.2, 0.25) is 0 Å². The number of rotatable bonds is 6. The van der Waals surface area contributed by atoms with Crippen LogP contribution in [0.3, 0.4) is 0 Å². The lowest BCUT2D eigenvalue weighted by Crippen LogP contribution is -2.66. The molecule has 4 heterocycles. The lowest BCUT2D eigenvalue weighted by molar-refractivity contribution is -0.127. The van der Waals surface area contributed by atoms with Crippen molar-refractivity contribution in [2.24, 2.45) is 12.5 Å². The Hall–Kier alpha value is -2.58. The average molecular weight is 442 g/mol. The molecule has 164 valence electrons. The van der Waals surface area contributed by atoms with Crippen molar-refractivity contribution in [3.8, 4) is 11.1 Å². The van der Waals surface area contributed by atoms with Crippen LogP contribution in [0.4, 0.5) is 5.69 Å². The van der Waals surface area contributed by atoms with E-state index in [-0.39, 0.29) is 16.7 Å². The first-order chi connectivity index (χ1) is 14.8. The Bertz CT molecular complexity index is 1310. The van der Waals surface area contributed by atoms with Crippen LogP contribution in [0, 0.1) is 5.41 Å². The third-order valence-electron chi connectivity index (χ3n) is 6.49. The SMILES string of the molecule is CCCCS(=O)(=O)c1ccc(N2CC3(COC3)C2)c(-c2cn(C)c(=O)c3[nH]ccc23)c1. The molecule has 0 aliphatic carbocycles. The van der Waals surface area contributed by atoms with Gasteiger partial charge in [0, 0.05) is 54.7 Å². The van der Waals surface area contributed by atoms with Crippen molar-refractivity contribution in [2.75, 3.05) is 37.0 Å². The molecule has 1 aromatic carbocycles. The number of fused-ring (bicyclic) bond motifs is 1. The molecule has 0 saturated carbocycles. The summed E-state index contributed by atoms with van der Waals surface area (Å²) < 4.78 is 32.8. The highest BCUT2D eigenvalue weighted by atomic mass is 32.2. The van der Waals surface area contributed by atoms with Crippen molar-refractivity contribution < 1.29 is 13.2 Å². The summed E-state index contributed by atoms with van der Waals surface area (Å²) in [7, 11) is -1.65. The zero-order chi connectivity index (χ0) is 21.8. The number of aromatic nitrogens is 2. The van der Waals surface area contributed by atoms with E-state index in [1.807, 2.05) is 25.3 Å². The number of pyridine rings is 1. The Labute approximate surface area is 181 Å². The summed E-state index contributed by atoms with van der Waals surface area (Å²) in [4.78, 5) is 18.2. The highest BCUT2D eigenvalue weighted by Crippen LogP contribution is 2.44. The van der Waals surface area contributed by atoms with Gasteiger partial charge in [0.05, 0.1) is 29.3 Å². The van der Waals surface area contributed by atoms with Crippen molar-refractivity contribution in [1.29, 1.82) is 0 Å². The van der Waals surface area contributed by atoms with Crippen molar-refractivity contribution in [3.05, 3.63) is 47.0 Å². The molecular formula is C23H27N3O4S. The summed E-state index contributed by atoms with van der Waals surface area (Å²) >= 11 is 0. The highest BCUT2D eigenvalue weighted by molar-refractivity contribution is 7.91. The topological polar surface area (TPSA) is 84.4 Å². The highest BCUT2D eigenvalue weighted by Gasteiger charge is 2.49. The van der Waals surface area contributed by atoms with E-state index < -0.39 is 9.84 Å². The van der Waals surface area contributed by atoms with Gasteiger partial charge in [0.25, 0.3) is 5.56 Å². The van der Waals surface area contributed by atoms with E-state index in [1.165, 1.54) is 0 Å². The number of unbranched alkanes of at least 4 members (excludes halogenated alkanes) is 1. The van der Waals surface area contributed by atoms with E-state index in [0.29, 0.717) is 16.8 Å². The molecule has 2 aromatic heterocycles. The number of hydrogen-bond donors (Lipinski definition) is 1. The van der Waals surface area contributed by atoms with Gasteiger partial charge in [-0.1, -0.05) is 13.3 Å². The Morgan fingerprint density at radius 1 is 1.16 bits per heavy atom. The lowest BCUT2D eigenvalue weighted by atomic mass is 9.77. The Morgan fingerprint density at radius 3 is 2.61 bits per heavy atom. The first kappa shape index (κ1) is 20.3. The molecule has 2 aliphatic heterocycles. The quantitative estimate of drug-likeness (QED) is 0.636. The van der Waals surface area contributed by atoms with Crippen LogP contribution < -0.4 is 10.5 Å². The molecule has 2 fully saturated rings. The number of hydrogen-bond acceptors (Lipinski definition) is 5. The normalized spacial score (nSPS) is 17.7. The molecule has 31 heavy (non-hydrogen) atoms. The van der Waals surface area contributed by atoms with Crippen LogP contribution in [0.5, 0.6) is 0 Å². The third kappa shape index (κ3) is 3.29. The second-order valence-electron chi connectivity index (χ2n) is 8.93. The van der Waals surface area contributed by atoms with E-state index in [2.05, 4.69) is 9.88 Å². The van der Waals surface area contributed by atoms with Gasteiger partial charge in [0.15, 0.2) is 9.84 Å². The van der Waals surface area contributed by atoms with Crippen LogP contribution in [0.1, 0.15) is 19.8 Å². The van der Waals surface area contributed by atoms with Crippen LogP contribution in [0.25, 0.3) is 22.0 Å². The summed E-state index contributed by atoms with van der Waals surface area (Å²) in [6, 6.07) is 7.31. The zero-order valence-electron chi connectivity index (χ0n) is 17.8. The number of aromatic amines is 1. The second kappa shape index (κ2) is 7.24. The van der Waals surface area contributed by atoms with Gasteiger partial charge in [-0.2, -0.15) is 0 Å². The van der Waals surface area contributed by atoms with Crippen molar-refractivity contribution >= 4 is 26.4 Å². The molecule has 2 saturated heterocycles. The summed E-state index contributed by atoms with van der Waals surface area (Å²) in [5.74, 6) is 0.138. The lowest BCUT2D eigenvalue weighted by Gasteiger charge is -2.56. The van der Waals surface area contributed by atoms with Gasteiger partial charge in [0.1, 0.15) is 5.52 Å². The number of aryl methyl sites for hydroxylation is 1. The molecule has 0 atom stereocenters. The van der Waals surface area contributed by atoms with E-state index in [0.717, 1.165) is 54.9 Å². The number of nitrogens with zero attached hydrogens (tertiary/aromatic N) is 2. The van der Waals surface area contributed by atoms with Crippen LogP contribution in [-0.2, 0) is 21.6 Å². The molecule has 0 amide bonds. The zero-order valence-corrected chi connectivity index (χ0v) is 18.7. The fourth-order valence-electron chi connectivity index (χ4n) is 4.64. The fraction of sp³-hybridized carbons (Fsp3) is 0.435. The first-order valence-corrected chi connectivity index (χ1v) is 12.4. The Kier molecular flexibility index (Phi) is 4.75. The number of nitrogens with one attached hydrogen (secondary N) is 1. The van der Waals surface area contributed by atoms with Gasteiger partial charge in [-0.3, -0.25) is 4.79 Å². The third-order valence-corrected chi connectivity index (χ3v) is 8.29. The number of H-pyrrole nitrogens is 1. The summed E-state index contributed by atoms with van der Waals surface area (Å²) in [6.07, 6.45) is 5.02. The minimum atomic E-state index is -3.37. The molecular weight excluding hydrogens is 414 g/mol. The van der Waals surface area contributed by atoms with E-state index >= 15 is 0 Å². The van der Waals surface area contributed by atoms with Gasteiger partial charge in [-0.25, -0.2) is 8.42 Å². The number of ether oxygens (including phenoxy) is 1. The Balaban J connectivity index is 1.66. The summed E-state index contributed by atoms with van der Waals surface area (Å²) in [6.45, 7) is 5.34. The first-order valence-electron chi connectivity index (χ1n) is 10.7. The molecule has 3 aromatic rings. The molecule has 8 heteroatoms. The smallest absolute Gasteiger partial charge is 0.274 e. The molecule has 0 unspecified atom stereocenters. The summed E-state index contributed by atoms with van der Waals surface area (Å²) in [5, 5.41) is 0.801. The Morgan fingerprint density at radius 2 is 1.94 bits per heavy atom. The summed E-state index contributed by atoms with van der Waals surface area (Å²) in [5.41, 5.74) is 3.34. The van der Waals surface area contributed by atoms with Crippen LogP contribution in [-0.4, -0.2) is 50.0 Å². The van der Waals surface area contributed by atoms with Gasteiger partial charge in [0.2, 0.25) is 0 Å². The molecule has 7 nitrogen and oxygen atoms in total. The molecule has 1 N–H and O–H groups in total. The molecule has 1 spiro atoms. The molecule has 5 rings (SSSR count). The van der Waals surface area contributed by atoms with Gasteiger partial charge in [-0.15, -0.1) is 0 Å². The minimum absolute atomic E-state index is 0.105. The maximum atomic E-state index is 12.9. The fourth-order valence-corrected chi connectivity index (χ4v) is 6.12. The molecule has 0 bridgehead atoms. The number of anilines is 1. The second-order valence-corrected chi connectivity index (χ2v) is 11.0. The largest absolute Gasteiger partial charge is 0.380 e. The molecule has 0 radical (unpaired) electrons.